The highest BCUT2D eigenvalue weighted by atomic mass is 16.1. The molecule has 1 aliphatic rings. The van der Waals surface area contributed by atoms with Crippen molar-refractivity contribution in [1.82, 2.24) is 5.32 Å². The van der Waals surface area contributed by atoms with Crippen molar-refractivity contribution in [3.63, 3.8) is 0 Å². The van der Waals surface area contributed by atoms with E-state index in [1.807, 2.05) is 0 Å². The topological polar surface area (TPSA) is 55.1 Å². The van der Waals surface area contributed by atoms with Crippen molar-refractivity contribution in [2.24, 2.45) is 5.73 Å². The monoisotopic (exact) mass is 182 g/mol. The maximum atomic E-state index is 11.3. The number of carbonyl (C=O) groups is 1. The molecule has 0 aromatic rings. The molecule has 0 spiro atoms. The third kappa shape index (κ3) is 3.19. The van der Waals surface area contributed by atoms with E-state index in [4.69, 9.17) is 5.73 Å². The Labute approximate surface area is 79.4 Å². The second-order valence-electron chi connectivity index (χ2n) is 3.86. The Balaban J connectivity index is 2.41. The fourth-order valence-electron chi connectivity index (χ4n) is 1.61. The van der Waals surface area contributed by atoms with E-state index in [-0.39, 0.29) is 11.4 Å². The summed E-state index contributed by atoms with van der Waals surface area (Å²) in [5.74, 6) is 0.0697. The summed E-state index contributed by atoms with van der Waals surface area (Å²) < 4.78 is 0. The smallest absolute Gasteiger partial charge is 0.221 e. The molecule has 0 saturated carbocycles. The Morgan fingerprint density at radius 2 is 2.38 bits per heavy atom. The summed E-state index contributed by atoms with van der Waals surface area (Å²) in [4.78, 5) is 11.3. The largest absolute Gasteiger partial charge is 0.351 e. The number of carbonyl (C=O) groups excluding carboxylic acids is 1. The van der Waals surface area contributed by atoms with Crippen molar-refractivity contribution in [3.8, 4) is 0 Å². The molecule has 0 radical (unpaired) electrons. The van der Waals surface area contributed by atoms with Crippen LogP contribution in [0.25, 0.3) is 0 Å². The fourth-order valence-corrected chi connectivity index (χ4v) is 1.61. The summed E-state index contributed by atoms with van der Waals surface area (Å²) in [6.07, 6.45) is 7.74. The molecule has 0 heterocycles. The standard InChI is InChI=1S/C10H18N2O/c1-10(6-3-2-4-7-10)12-9(13)5-8-11/h2-3H,4-8,11H2,1H3,(H,12,13). The van der Waals surface area contributed by atoms with Crippen LogP contribution in [0.4, 0.5) is 0 Å². The highest BCUT2D eigenvalue weighted by Gasteiger charge is 2.25. The van der Waals surface area contributed by atoms with E-state index in [1.165, 1.54) is 0 Å². The number of nitrogens with one attached hydrogen (secondary N) is 1. The molecular formula is C10H18N2O. The van der Waals surface area contributed by atoms with Gasteiger partial charge in [-0.15, -0.1) is 0 Å². The molecule has 3 nitrogen and oxygen atoms in total. The van der Waals surface area contributed by atoms with Gasteiger partial charge in [-0.05, 0) is 26.2 Å². The average molecular weight is 182 g/mol. The summed E-state index contributed by atoms with van der Waals surface area (Å²) >= 11 is 0. The van der Waals surface area contributed by atoms with Gasteiger partial charge >= 0.3 is 0 Å². The average Bonchev–Trinajstić information content (AvgIpc) is 2.04. The van der Waals surface area contributed by atoms with Gasteiger partial charge in [-0.25, -0.2) is 0 Å². The minimum absolute atomic E-state index is 0.0407. The molecule has 0 bridgehead atoms. The molecule has 3 heteroatoms. The van der Waals surface area contributed by atoms with Gasteiger partial charge in [0.1, 0.15) is 0 Å². The van der Waals surface area contributed by atoms with Crippen molar-refractivity contribution in [2.75, 3.05) is 6.54 Å². The van der Waals surface area contributed by atoms with Crippen LogP contribution in [0.15, 0.2) is 12.2 Å². The van der Waals surface area contributed by atoms with E-state index >= 15 is 0 Å². The van der Waals surface area contributed by atoms with E-state index in [0.29, 0.717) is 13.0 Å². The number of rotatable bonds is 3. The molecule has 1 rings (SSSR count). The van der Waals surface area contributed by atoms with Gasteiger partial charge in [-0.1, -0.05) is 12.2 Å². The van der Waals surface area contributed by atoms with Crippen LogP contribution in [-0.2, 0) is 4.79 Å². The minimum atomic E-state index is -0.0407. The Morgan fingerprint density at radius 1 is 1.62 bits per heavy atom. The van der Waals surface area contributed by atoms with Gasteiger partial charge in [0.25, 0.3) is 0 Å². The second-order valence-corrected chi connectivity index (χ2v) is 3.86. The van der Waals surface area contributed by atoms with Crippen LogP contribution in [0.5, 0.6) is 0 Å². The molecule has 0 aromatic heterocycles. The van der Waals surface area contributed by atoms with Crippen LogP contribution < -0.4 is 11.1 Å². The van der Waals surface area contributed by atoms with Crippen LogP contribution in [0, 0.1) is 0 Å². The molecule has 1 atom stereocenters. The lowest BCUT2D eigenvalue weighted by atomic mass is 9.87. The van der Waals surface area contributed by atoms with Gasteiger partial charge in [-0.3, -0.25) is 4.79 Å². The Bertz CT molecular complexity index is 213. The van der Waals surface area contributed by atoms with Crippen LogP contribution in [0.1, 0.15) is 32.6 Å². The Morgan fingerprint density at radius 3 is 2.92 bits per heavy atom. The van der Waals surface area contributed by atoms with Crippen molar-refractivity contribution in [3.05, 3.63) is 12.2 Å². The van der Waals surface area contributed by atoms with Gasteiger partial charge in [0.15, 0.2) is 0 Å². The van der Waals surface area contributed by atoms with Crippen LogP contribution >= 0.6 is 0 Å². The molecule has 1 unspecified atom stereocenters. The molecule has 0 aliphatic heterocycles. The summed E-state index contributed by atoms with van der Waals surface area (Å²) in [6, 6.07) is 0. The number of hydrogen-bond donors (Lipinski definition) is 2. The lowest BCUT2D eigenvalue weighted by Gasteiger charge is -2.31. The SMILES string of the molecule is CC1(NC(=O)CCN)CC=CCC1. The lowest BCUT2D eigenvalue weighted by molar-refractivity contribution is -0.122. The zero-order valence-electron chi connectivity index (χ0n) is 8.18. The first-order chi connectivity index (χ1) is 6.16. The zero-order valence-corrected chi connectivity index (χ0v) is 8.18. The van der Waals surface area contributed by atoms with Crippen molar-refractivity contribution >= 4 is 5.91 Å². The molecule has 1 aliphatic carbocycles. The molecule has 0 saturated heterocycles. The minimum Gasteiger partial charge on any atom is -0.351 e. The van der Waals surface area contributed by atoms with E-state index < -0.39 is 0 Å². The molecule has 74 valence electrons. The molecule has 3 N–H and O–H groups in total. The summed E-state index contributed by atoms with van der Waals surface area (Å²) in [5, 5.41) is 3.03. The van der Waals surface area contributed by atoms with Crippen molar-refractivity contribution in [2.45, 2.75) is 38.1 Å². The van der Waals surface area contributed by atoms with E-state index in [2.05, 4.69) is 24.4 Å². The zero-order chi connectivity index (χ0) is 9.73. The third-order valence-electron chi connectivity index (χ3n) is 2.41. The molecule has 13 heavy (non-hydrogen) atoms. The first-order valence-corrected chi connectivity index (χ1v) is 4.82. The highest BCUT2D eigenvalue weighted by molar-refractivity contribution is 5.76. The summed E-state index contributed by atoms with van der Waals surface area (Å²) in [7, 11) is 0. The van der Waals surface area contributed by atoms with Gasteiger partial charge in [0, 0.05) is 18.5 Å². The Hall–Kier alpha value is -0.830. The number of allylic oxidation sites excluding steroid dienone is 1. The van der Waals surface area contributed by atoms with Gasteiger partial charge < -0.3 is 11.1 Å². The predicted molar refractivity (Wildman–Crippen MR) is 53.2 cm³/mol. The predicted octanol–water partition coefficient (Wildman–Crippen LogP) is 0.950. The van der Waals surface area contributed by atoms with Gasteiger partial charge in [0.2, 0.25) is 5.91 Å². The Kier molecular flexibility index (Phi) is 3.48. The quantitative estimate of drug-likeness (QED) is 0.638. The third-order valence-corrected chi connectivity index (χ3v) is 2.41. The molecule has 0 aromatic carbocycles. The van der Waals surface area contributed by atoms with E-state index in [1.54, 1.807) is 0 Å². The first-order valence-electron chi connectivity index (χ1n) is 4.82. The van der Waals surface area contributed by atoms with E-state index in [0.717, 1.165) is 19.3 Å². The fraction of sp³-hybridized carbons (Fsp3) is 0.700. The summed E-state index contributed by atoms with van der Waals surface area (Å²) in [5.41, 5.74) is 5.26. The van der Waals surface area contributed by atoms with Crippen LogP contribution in [0.3, 0.4) is 0 Å². The molecular weight excluding hydrogens is 164 g/mol. The molecule has 1 amide bonds. The lowest BCUT2D eigenvalue weighted by Crippen LogP contribution is -2.46. The first kappa shape index (κ1) is 10.3. The highest BCUT2D eigenvalue weighted by Crippen LogP contribution is 2.22. The van der Waals surface area contributed by atoms with Gasteiger partial charge in [-0.2, -0.15) is 0 Å². The summed E-state index contributed by atoms with van der Waals surface area (Å²) in [6.45, 7) is 2.52. The number of amides is 1. The van der Waals surface area contributed by atoms with Crippen LogP contribution in [-0.4, -0.2) is 18.0 Å². The number of nitrogens with two attached hydrogens (primary N) is 1. The van der Waals surface area contributed by atoms with Crippen LogP contribution in [0.2, 0.25) is 0 Å². The van der Waals surface area contributed by atoms with Crippen molar-refractivity contribution < 1.29 is 4.79 Å². The van der Waals surface area contributed by atoms with E-state index in [9.17, 15) is 4.79 Å². The second kappa shape index (κ2) is 4.42. The maximum absolute atomic E-state index is 11.3. The normalized spacial score (nSPS) is 27.2. The molecule has 0 fully saturated rings. The number of hydrogen-bond acceptors (Lipinski definition) is 2. The maximum Gasteiger partial charge on any atom is 0.221 e. The van der Waals surface area contributed by atoms with Crippen molar-refractivity contribution in [1.29, 1.82) is 0 Å². The van der Waals surface area contributed by atoms with Gasteiger partial charge in [0.05, 0.1) is 0 Å².